The minimum Gasteiger partial charge on any atom is -0.130 e. The van der Waals surface area contributed by atoms with E-state index in [1.54, 1.807) is 0 Å². The van der Waals surface area contributed by atoms with Gasteiger partial charge in [0.25, 0.3) is 0 Å². The lowest BCUT2D eigenvalue weighted by molar-refractivity contribution is 0.343. The van der Waals surface area contributed by atoms with E-state index in [1.165, 1.54) is 18.4 Å². The van der Waals surface area contributed by atoms with Crippen LogP contribution in [0.15, 0.2) is 30.0 Å². The molecule has 19 heavy (non-hydrogen) atoms. The minimum absolute atomic E-state index is 0.748. The van der Waals surface area contributed by atoms with Gasteiger partial charge in [-0.1, -0.05) is 73.6 Å². The molecule has 0 spiro atoms. The van der Waals surface area contributed by atoms with Gasteiger partial charge in [-0.3, -0.25) is 0 Å². The van der Waals surface area contributed by atoms with Gasteiger partial charge in [0.1, 0.15) is 0 Å². The Kier molecular flexibility index (Phi) is 13.3. The summed E-state index contributed by atoms with van der Waals surface area (Å²) in [6.07, 6.45) is 7.51. The average molecular weight is 264 g/mol. The number of rotatable bonds is 2. The fourth-order valence-electron chi connectivity index (χ4n) is 3.24. The van der Waals surface area contributed by atoms with Crippen molar-refractivity contribution in [1.29, 1.82) is 0 Å². The highest BCUT2D eigenvalue weighted by Gasteiger charge is 2.43. The van der Waals surface area contributed by atoms with Crippen LogP contribution in [-0.4, -0.2) is 0 Å². The summed E-state index contributed by atoms with van der Waals surface area (Å²) in [7, 11) is 0. The van der Waals surface area contributed by atoms with Crippen LogP contribution in [0.1, 0.15) is 68.2 Å². The van der Waals surface area contributed by atoms with Crippen molar-refractivity contribution in [1.82, 2.24) is 0 Å². The SMILES string of the molecule is C=C=C(C)C1C2C=CC(C2)C1CC.CC.CC.CC. The molecular formula is C19H36. The molecular weight excluding hydrogens is 228 g/mol. The van der Waals surface area contributed by atoms with Crippen molar-refractivity contribution in [2.24, 2.45) is 23.7 Å². The van der Waals surface area contributed by atoms with Crippen LogP contribution in [0.4, 0.5) is 0 Å². The Balaban J connectivity index is 0. The zero-order valence-corrected chi connectivity index (χ0v) is 14.6. The molecule has 0 aromatic carbocycles. The number of hydrogen-bond donors (Lipinski definition) is 0. The molecule has 4 unspecified atom stereocenters. The molecule has 0 N–H and O–H groups in total. The van der Waals surface area contributed by atoms with Gasteiger partial charge >= 0.3 is 0 Å². The molecule has 0 heterocycles. The normalized spacial score (nSPS) is 28.8. The molecule has 0 heteroatoms. The third-order valence-corrected chi connectivity index (χ3v) is 3.87. The van der Waals surface area contributed by atoms with E-state index < -0.39 is 0 Å². The molecule has 0 aromatic rings. The van der Waals surface area contributed by atoms with Crippen molar-refractivity contribution < 1.29 is 0 Å². The maximum Gasteiger partial charge on any atom is -0.00331 e. The van der Waals surface area contributed by atoms with Crippen molar-refractivity contribution in [3.05, 3.63) is 30.0 Å². The molecule has 1 saturated carbocycles. The van der Waals surface area contributed by atoms with Gasteiger partial charge in [0.15, 0.2) is 0 Å². The molecule has 0 aromatic heterocycles. The van der Waals surface area contributed by atoms with Crippen molar-refractivity contribution >= 4 is 0 Å². The molecule has 2 rings (SSSR count). The Hall–Kier alpha value is -0.740. The van der Waals surface area contributed by atoms with Gasteiger partial charge < -0.3 is 0 Å². The van der Waals surface area contributed by atoms with E-state index >= 15 is 0 Å². The van der Waals surface area contributed by atoms with E-state index in [4.69, 9.17) is 0 Å². The Morgan fingerprint density at radius 3 is 1.95 bits per heavy atom. The molecule has 1 fully saturated rings. The van der Waals surface area contributed by atoms with E-state index in [2.05, 4.69) is 38.3 Å². The van der Waals surface area contributed by atoms with Crippen LogP contribution in [0.5, 0.6) is 0 Å². The van der Waals surface area contributed by atoms with E-state index in [9.17, 15) is 0 Å². The van der Waals surface area contributed by atoms with Crippen LogP contribution in [0, 0.1) is 23.7 Å². The second-order valence-electron chi connectivity index (χ2n) is 4.41. The van der Waals surface area contributed by atoms with Gasteiger partial charge in [0.05, 0.1) is 0 Å². The zero-order valence-electron chi connectivity index (χ0n) is 14.6. The highest BCUT2D eigenvalue weighted by molar-refractivity contribution is 5.21. The van der Waals surface area contributed by atoms with Crippen LogP contribution < -0.4 is 0 Å². The zero-order chi connectivity index (χ0) is 15.4. The summed E-state index contributed by atoms with van der Waals surface area (Å²) in [4.78, 5) is 0. The van der Waals surface area contributed by atoms with Gasteiger partial charge in [-0.15, -0.1) is 5.73 Å². The summed E-state index contributed by atoms with van der Waals surface area (Å²) in [5.74, 6) is 3.26. The van der Waals surface area contributed by atoms with Crippen LogP contribution in [0.3, 0.4) is 0 Å². The van der Waals surface area contributed by atoms with Crippen molar-refractivity contribution in [3.8, 4) is 0 Å². The van der Waals surface area contributed by atoms with Crippen molar-refractivity contribution in [3.63, 3.8) is 0 Å². The summed E-state index contributed by atoms with van der Waals surface area (Å²) >= 11 is 0. The maximum atomic E-state index is 3.77. The van der Waals surface area contributed by atoms with Crippen molar-refractivity contribution in [2.75, 3.05) is 0 Å². The molecule has 2 bridgehead atoms. The maximum absolute atomic E-state index is 3.77. The van der Waals surface area contributed by atoms with Crippen LogP contribution in [0.2, 0.25) is 0 Å². The van der Waals surface area contributed by atoms with E-state index in [0.717, 1.165) is 23.7 Å². The molecule has 112 valence electrons. The second kappa shape index (κ2) is 12.3. The minimum atomic E-state index is 0.748. The lowest BCUT2D eigenvalue weighted by Gasteiger charge is -2.26. The molecule has 2 aliphatic carbocycles. The molecule has 0 amide bonds. The fourth-order valence-corrected chi connectivity index (χ4v) is 3.24. The van der Waals surface area contributed by atoms with Crippen LogP contribution in [-0.2, 0) is 0 Å². The van der Waals surface area contributed by atoms with Crippen molar-refractivity contribution in [2.45, 2.75) is 68.2 Å². The standard InChI is InChI=1S/C13H18.3C2H6/c1-4-9(3)13-11-7-6-10(8-11)12(13)5-2;3*1-2/h6-7,10-13H,1,5,8H2,2-3H3;3*1-2H3. The Labute approximate surface area is 122 Å². The summed E-state index contributed by atoms with van der Waals surface area (Å²) < 4.78 is 0. The summed E-state index contributed by atoms with van der Waals surface area (Å²) in [5.41, 5.74) is 4.47. The highest BCUT2D eigenvalue weighted by Crippen LogP contribution is 2.51. The molecule has 2 aliphatic rings. The first kappa shape index (κ1) is 20.6. The topological polar surface area (TPSA) is 0 Å². The first-order chi connectivity index (χ1) is 9.27. The fraction of sp³-hybridized carbons (Fsp3) is 0.737. The molecule has 0 saturated heterocycles. The third-order valence-electron chi connectivity index (χ3n) is 3.87. The summed E-state index contributed by atoms with van der Waals surface area (Å²) in [6.45, 7) is 20.3. The Morgan fingerprint density at radius 1 is 1.05 bits per heavy atom. The van der Waals surface area contributed by atoms with Gasteiger partial charge in [0, 0.05) is 0 Å². The summed E-state index contributed by atoms with van der Waals surface area (Å²) in [6, 6.07) is 0. The van der Waals surface area contributed by atoms with Gasteiger partial charge in [-0.2, -0.15) is 0 Å². The second-order valence-corrected chi connectivity index (χ2v) is 4.41. The summed E-state index contributed by atoms with van der Waals surface area (Å²) in [5, 5.41) is 0. The van der Waals surface area contributed by atoms with Gasteiger partial charge in [-0.25, -0.2) is 0 Å². The van der Waals surface area contributed by atoms with Gasteiger partial charge in [-0.05, 0) is 42.6 Å². The lowest BCUT2D eigenvalue weighted by Crippen LogP contribution is -2.19. The van der Waals surface area contributed by atoms with Crippen LogP contribution in [0.25, 0.3) is 0 Å². The Bertz CT molecular complexity index is 278. The third kappa shape index (κ3) is 5.03. The smallest absolute Gasteiger partial charge is 0.00331 e. The van der Waals surface area contributed by atoms with E-state index in [0.29, 0.717) is 0 Å². The number of fused-ring (bicyclic) bond motifs is 2. The van der Waals surface area contributed by atoms with E-state index in [1.807, 2.05) is 41.5 Å². The Morgan fingerprint density at radius 2 is 1.53 bits per heavy atom. The monoisotopic (exact) mass is 264 g/mol. The first-order valence-corrected chi connectivity index (χ1v) is 8.32. The number of hydrogen-bond acceptors (Lipinski definition) is 0. The van der Waals surface area contributed by atoms with E-state index in [-0.39, 0.29) is 0 Å². The largest absolute Gasteiger partial charge is 0.130 e. The van der Waals surface area contributed by atoms with Crippen LogP contribution >= 0.6 is 0 Å². The highest BCUT2D eigenvalue weighted by atomic mass is 14.5. The van der Waals surface area contributed by atoms with Gasteiger partial charge in [0.2, 0.25) is 0 Å². The molecule has 0 radical (unpaired) electrons. The average Bonchev–Trinajstić information content (AvgIpc) is 3.13. The molecule has 0 aliphatic heterocycles. The predicted octanol–water partition coefficient (Wildman–Crippen LogP) is 6.64. The first-order valence-electron chi connectivity index (χ1n) is 8.32. The molecule has 4 atom stereocenters. The lowest BCUT2D eigenvalue weighted by atomic mass is 9.78. The molecule has 0 nitrogen and oxygen atoms in total. The number of allylic oxidation sites excluding steroid dienone is 3. The predicted molar refractivity (Wildman–Crippen MR) is 90.4 cm³/mol. The quantitative estimate of drug-likeness (QED) is 0.387.